The molecule has 0 bridgehead atoms. The van der Waals surface area contributed by atoms with E-state index in [1.165, 1.54) is 23.2 Å². The maximum absolute atomic E-state index is 13.8. The smallest absolute Gasteiger partial charge is 0.379 e. The molecule has 0 unspecified atom stereocenters. The lowest BCUT2D eigenvalue weighted by Gasteiger charge is -2.29. The summed E-state index contributed by atoms with van der Waals surface area (Å²) < 4.78 is 48.7. The van der Waals surface area contributed by atoms with E-state index in [0.717, 1.165) is 12.8 Å². The number of nitriles is 1. The quantitative estimate of drug-likeness (QED) is 0.559. The summed E-state index contributed by atoms with van der Waals surface area (Å²) in [6.45, 7) is 1.63. The lowest BCUT2D eigenvalue weighted by atomic mass is 9.96. The molecule has 3 aromatic rings. The number of nitrogens with one attached hydrogen (secondary N) is 2. The zero-order valence-corrected chi connectivity index (χ0v) is 18.9. The molecule has 2 aromatic heterocycles. The molecule has 2 saturated heterocycles. The highest BCUT2D eigenvalue weighted by Crippen LogP contribution is 2.40. The van der Waals surface area contributed by atoms with Gasteiger partial charge >= 0.3 is 6.18 Å². The summed E-state index contributed by atoms with van der Waals surface area (Å²) in [4.78, 5) is 16.8. The van der Waals surface area contributed by atoms with E-state index in [4.69, 9.17) is 4.74 Å². The fourth-order valence-electron chi connectivity index (χ4n) is 5.05. The molecule has 0 aliphatic carbocycles. The fraction of sp³-hybridized carbons (Fsp3) is 0.458. The summed E-state index contributed by atoms with van der Waals surface area (Å²) in [5, 5.41) is 17.6. The highest BCUT2D eigenvalue weighted by atomic mass is 19.4. The van der Waals surface area contributed by atoms with Gasteiger partial charge in [0.2, 0.25) is 0 Å². The number of nitrogens with zero attached hydrogens (tertiary/aromatic N) is 4. The molecule has 0 spiro atoms. The number of alkyl halides is 3. The van der Waals surface area contributed by atoms with Gasteiger partial charge in [-0.1, -0.05) is 12.1 Å². The number of rotatable bonds is 5. The van der Waals surface area contributed by atoms with Crippen molar-refractivity contribution in [2.45, 2.75) is 37.5 Å². The van der Waals surface area contributed by atoms with Crippen molar-refractivity contribution in [3.05, 3.63) is 52.4 Å². The molecule has 3 atom stereocenters. The number of hydrogen-bond acceptors (Lipinski definition) is 6. The van der Waals surface area contributed by atoms with Crippen LogP contribution >= 0.6 is 0 Å². The summed E-state index contributed by atoms with van der Waals surface area (Å²) in [6, 6.07) is 8.06. The Hall–Kier alpha value is -3.36. The Morgan fingerprint density at radius 3 is 2.63 bits per heavy atom. The van der Waals surface area contributed by atoms with Crippen LogP contribution in [0.15, 0.2) is 41.3 Å². The maximum atomic E-state index is 13.8. The molecule has 2 fully saturated rings. The van der Waals surface area contributed by atoms with Crippen LogP contribution in [0.3, 0.4) is 0 Å². The predicted molar refractivity (Wildman–Crippen MR) is 123 cm³/mol. The number of H-pyrrole nitrogens is 1. The van der Waals surface area contributed by atoms with Gasteiger partial charge in [0.25, 0.3) is 5.56 Å². The first-order valence-electron chi connectivity index (χ1n) is 11.6. The summed E-state index contributed by atoms with van der Waals surface area (Å²) >= 11 is 0. The topological polar surface area (TPSA) is 99.0 Å². The van der Waals surface area contributed by atoms with Gasteiger partial charge in [0.05, 0.1) is 30.2 Å². The largest absolute Gasteiger partial charge is 0.408 e. The van der Waals surface area contributed by atoms with Gasteiger partial charge in [0, 0.05) is 18.5 Å². The maximum Gasteiger partial charge on any atom is 0.408 e. The average Bonchev–Trinajstić information content (AvgIpc) is 3.48. The zero-order chi connectivity index (χ0) is 24.6. The Morgan fingerprint density at radius 1 is 1.20 bits per heavy atom. The molecule has 0 amide bonds. The van der Waals surface area contributed by atoms with E-state index in [-0.39, 0.29) is 28.9 Å². The lowest BCUT2D eigenvalue weighted by molar-refractivity contribution is -0.183. The Bertz CT molecular complexity index is 1290. The molecule has 35 heavy (non-hydrogen) atoms. The highest BCUT2D eigenvalue weighted by Gasteiger charge is 2.45. The normalized spacial score (nSPS) is 22.2. The van der Waals surface area contributed by atoms with Crippen LogP contribution in [0.2, 0.25) is 0 Å². The lowest BCUT2D eigenvalue weighted by Crippen LogP contribution is -2.36. The van der Waals surface area contributed by atoms with Crippen molar-refractivity contribution in [1.82, 2.24) is 19.7 Å². The average molecular weight is 486 g/mol. The number of halogens is 3. The molecule has 2 aliphatic rings. The first-order chi connectivity index (χ1) is 16.9. The molecule has 8 nitrogen and oxygen atoms in total. The molecule has 0 radical (unpaired) electrons. The third-order valence-corrected chi connectivity index (χ3v) is 6.74. The molecule has 5 rings (SSSR count). The molecule has 0 saturated carbocycles. The second kappa shape index (κ2) is 9.36. The van der Waals surface area contributed by atoms with Gasteiger partial charge in [-0.15, -0.1) is 0 Å². The standard InChI is InChI=1S/C24H25F3N6O2/c25-24(26,27)21(32-10-1-2-11-32)15-3-5-17(6-4-15)30-22-20-18(7-9-29-23(20)34)33(31-22)19-14-35-12-8-16(19)13-28/h3-7,9,16,19,21H,1-2,8,10-12,14H2,(H,29,34)(H,30,31)/t16-,19+,21+/m1/s1. The van der Waals surface area contributed by atoms with Gasteiger partial charge in [0.1, 0.15) is 11.4 Å². The van der Waals surface area contributed by atoms with Gasteiger partial charge < -0.3 is 15.0 Å². The van der Waals surface area contributed by atoms with Crippen molar-refractivity contribution in [3.63, 3.8) is 0 Å². The van der Waals surface area contributed by atoms with Crippen molar-refractivity contribution in [2.75, 3.05) is 31.6 Å². The molecular formula is C24H25F3N6O2. The van der Waals surface area contributed by atoms with Crippen molar-refractivity contribution in [2.24, 2.45) is 5.92 Å². The third-order valence-electron chi connectivity index (χ3n) is 6.74. The minimum atomic E-state index is -4.37. The Labute approximate surface area is 199 Å². The Morgan fingerprint density at radius 2 is 1.94 bits per heavy atom. The second-order valence-electron chi connectivity index (χ2n) is 8.96. The van der Waals surface area contributed by atoms with E-state index >= 15 is 0 Å². The van der Waals surface area contributed by atoms with Crippen LogP contribution in [0.5, 0.6) is 0 Å². The van der Waals surface area contributed by atoms with Gasteiger partial charge in [-0.2, -0.15) is 23.5 Å². The van der Waals surface area contributed by atoms with Crippen LogP contribution < -0.4 is 10.9 Å². The minimum Gasteiger partial charge on any atom is -0.379 e. The predicted octanol–water partition coefficient (Wildman–Crippen LogP) is 4.27. The molecule has 11 heteroatoms. The number of aromatic amines is 1. The molecule has 1 aromatic carbocycles. The molecule has 2 aliphatic heterocycles. The van der Waals surface area contributed by atoms with E-state index in [1.54, 1.807) is 22.9 Å². The molecular weight excluding hydrogens is 461 g/mol. The van der Waals surface area contributed by atoms with Crippen molar-refractivity contribution in [1.29, 1.82) is 5.26 Å². The van der Waals surface area contributed by atoms with Gasteiger partial charge in [-0.05, 0) is 56.1 Å². The van der Waals surface area contributed by atoms with E-state index in [9.17, 15) is 23.2 Å². The Kier molecular flexibility index (Phi) is 6.25. The Balaban J connectivity index is 1.47. The van der Waals surface area contributed by atoms with Crippen LogP contribution in [0, 0.1) is 17.2 Å². The van der Waals surface area contributed by atoms with Gasteiger partial charge in [-0.3, -0.25) is 14.4 Å². The van der Waals surface area contributed by atoms with Crippen LogP contribution in [-0.4, -0.2) is 52.1 Å². The number of aromatic nitrogens is 3. The van der Waals surface area contributed by atoms with Gasteiger partial charge in [-0.25, -0.2) is 0 Å². The van der Waals surface area contributed by atoms with E-state index < -0.39 is 12.2 Å². The SMILES string of the molecule is N#C[C@H]1CCOC[C@@H]1n1nc(Nc2ccc([C@H](N3CCCC3)C(F)(F)F)cc2)c2c(=O)[nH]ccc21. The highest BCUT2D eigenvalue weighted by molar-refractivity contribution is 5.91. The van der Waals surface area contributed by atoms with E-state index in [1.807, 2.05) is 0 Å². The molecule has 4 heterocycles. The van der Waals surface area contributed by atoms with Crippen molar-refractivity contribution >= 4 is 22.4 Å². The minimum absolute atomic E-state index is 0.175. The summed E-state index contributed by atoms with van der Waals surface area (Å²) in [7, 11) is 0. The number of ether oxygens (including phenoxy) is 1. The summed E-state index contributed by atoms with van der Waals surface area (Å²) in [5.74, 6) is -0.0491. The van der Waals surface area contributed by atoms with Crippen LogP contribution in [0.4, 0.5) is 24.7 Å². The van der Waals surface area contributed by atoms with Crippen molar-refractivity contribution < 1.29 is 17.9 Å². The zero-order valence-electron chi connectivity index (χ0n) is 18.9. The fourth-order valence-corrected chi connectivity index (χ4v) is 5.05. The van der Waals surface area contributed by atoms with Gasteiger partial charge in [0.15, 0.2) is 5.82 Å². The number of pyridine rings is 1. The second-order valence-corrected chi connectivity index (χ2v) is 8.96. The summed E-state index contributed by atoms with van der Waals surface area (Å²) in [6.07, 6.45) is -0.777. The molecule has 184 valence electrons. The monoisotopic (exact) mass is 486 g/mol. The number of likely N-dealkylation sites (tertiary alicyclic amines) is 1. The summed E-state index contributed by atoms with van der Waals surface area (Å²) in [5.41, 5.74) is 0.871. The first kappa shape index (κ1) is 23.4. The van der Waals surface area contributed by atoms with E-state index in [2.05, 4.69) is 21.5 Å². The number of benzene rings is 1. The van der Waals surface area contributed by atoms with Crippen molar-refractivity contribution in [3.8, 4) is 6.07 Å². The van der Waals surface area contributed by atoms with E-state index in [0.29, 0.717) is 49.3 Å². The van der Waals surface area contributed by atoms with Crippen LogP contribution in [0.25, 0.3) is 10.9 Å². The number of fused-ring (bicyclic) bond motifs is 1. The number of anilines is 2. The third kappa shape index (κ3) is 4.51. The van der Waals surface area contributed by atoms with Crippen LogP contribution in [0.1, 0.15) is 36.9 Å². The first-order valence-corrected chi connectivity index (χ1v) is 11.6. The molecule has 2 N–H and O–H groups in total. The van der Waals surface area contributed by atoms with Crippen LogP contribution in [-0.2, 0) is 4.74 Å². The number of hydrogen-bond donors (Lipinski definition) is 2.